The van der Waals surface area contributed by atoms with Gasteiger partial charge in [-0.25, -0.2) is 14.6 Å². The largest absolute Gasteiger partial charge is 0.394 e. The minimum absolute atomic E-state index is 0.0949. The van der Waals surface area contributed by atoms with Crippen LogP contribution in [0.4, 0.5) is 5.82 Å². The van der Waals surface area contributed by atoms with Crippen molar-refractivity contribution in [2.75, 3.05) is 24.3 Å². The van der Waals surface area contributed by atoms with E-state index in [9.17, 15) is 10.2 Å². The van der Waals surface area contributed by atoms with Gasteiger partial charge in [-0.15, -0.1) is 5.10 Å². The Bertz CT molecular complexity index is 1130. The van der Waals surface area contributed by atoms with Crippen molar-refractivity contribution in [1.82, 2.24) is 25.0 Å². The van der Waals surface area contributed by atoms with E-state index in [1.807, 2.05) is 6.07 Å². The molecule has 3 aromatic rings. The lowest BCUT2D eigenvalue weighted by Gasteiger charge is -2.17. The number of aromatic nitrogens is 5. The summed E-state index contributed by atoms with van der Waals surface area (Å²) in [7, 11) is 0. The first kappa shape index (κ1) is 24.4. The molecule has 6 unspecified atom stereocenters. The number of benzene rings is 1. The van der Waals surface area contributed by atoms with Crippen LogP contribution in [0.2, 0.25) is 0 Å². The second-order valence-electron chi connectivity index (χ2n) is 9.18. The highest BCUT2D eigenvalue weighted by atomic mass is 32.2. The minimum atomic E-state index is -1.09. The minimum Gasteiger partial charge on any atom is -0.394 e. The molecule has 0 spiro atoms. The van der Waals surface area contributed by atoms with Crippen LogP contribution in [0.15, 0.2) is 35.5 Å². The first-order chi connectivity index (χ1) is 17.1. The number of fused-ring (bicyclic) bond motifs is 1. The Kier molecular flexibility index (Phi) is 7.49. The highest BCUT2D eigenvalue weighted by Crippen LogP contribution is 2.43. The van der Waals surface area contributed by atoms with Crippen LogP contribution >= 0.6 is 11.8 Å². The van der Waals surface area contributed by atoms with Gasteiger partial charge in [0, 0.05) is 24.1 Å². The normalized spacial score (nSPS) is 28.0. The van der Waals surface area contributed by atoms with E-state index < -0.39 is 24.4 Å². The third-order valence-corrected chi connectivity index (χ3v) is 7.64. The van der Waals surface area contributed by atoms with Crippen LogP contribution in [0, 0.1) is 0 Å². The van der Waals surface area contributed by atoms with Crippen LogP contribution < -0.4 is 5.32 Å². The molecule has 0 aliphatic heterocycles. The van der Waals surface area contributed by atoms with Crippen LogP contribution in [0.5, 0.6) is 0 Å². The fourth-order valence-electron chi connectivity index (χ4n) is 4.68. The molecule has 5 rings (SSSR count). The number of thioether (sulfide) groups is 1. The monoisotopic (exact) mass is 500 g/mol. The summed E-state index contributed by atoms with van der Waals surface area (Å²) < 4.78 is 7.12. The Morgan fingerprint density at radius 3 is 2.74 bits per heavy atom. The summed E-state index contributed by atoms with van der Waals surface area (Å²) >= 11 is 1.59. The van der Waals surface area contributed by atoms with Gasteiger partial charge in [-0.3, -0.25) is 0 Å². The summed E-state index contributed by atoms with van der Waals surface area (Å²) in [6.45, 7) is 2.09. The van der Waals surface area contributed by atoms with Gasteiger partial charge >= 0.3 is 0 Å². The zero-order chi connectivity index (χ0) is 24.4. The molecule has 1 aromatic carbocycles. The average molecular weight is 501 g/mol. The number of anilines is 1. The molecule has 4 N–H and O–H groups in total. The Balaban J connectivity index is 1.43. The smallest absolute Gasteiger partial charge is 0.191 e. The molecule has 188 valence electrons. The summed E-state index contributed by atoms with van der Waals surface area (Å²) in [5.41, 5.74) is 2.37. The number of nitrogens with zero attached hydrogens (tertiary/aromatic N) is 5. The molecule has 35 heavy (non-hydrogen) atoms. The number of aliphatic hydroxyl groups excluding tert-OH is 3. The summed E-state index contributed by atoms with van der Waals surface area (Å²) in [4.78, 5) is 9.51. The summed E-state index contributed by atoms with van der Waals surface area (Å²) in [5, 5.41) is 43.2. The molecule has 2 aromatic heterocycles. The van der Waals surface area contributed by atoms with Crippen LogP contribution in [0.3, 0.4) is 0 Å². The molecule has 0 saturated heterocycles. The number of hydrogen-bond donors (Lipinski definition) is 4. The van der Waals surface area contributed by atoms with Gasteiger partial charge in [-0.2, -0.15) is 0 Å². The number of rotatable bonds is 11. The van der Waals surface area contributed by atoms with Gasteiger partial charge in [-0.1, -0.05) is 60.7 Å². The van der Waals surface area contributed by atoms with Crippen molar-refractivity contribution in [3.8, 4) is 0 Å². The average Bonchev–Trinajstić information content (AvgIpc) is 3.42. The molecular weight excluding hydrogens is 468 g/mol. The number of unbranched alkanes of at least 4 members (excludes halogenated alkanes) is 1. The summed E-state index contributed by atoms with van der Waals surface area (Å²) in [6.07, 6.45) is 0.727. The molecule has 2 fully saturated rings. The van der Waals surface area contributed by atoms with E-state index in [0.717, 1.165) is 25.0 Å². The van der Waals surface area contributed by atoms with Crippen molar-refractivity contribution in [1.29, 1.82) is 0 Å². The summed E-state index contributed by atoms with van der Waals surface area (Å²) in [5.74, 6) is 1.97. The fraction of sp³-hybridized carbons (Fsp3) is 0.583. The molecular formula is C24H32N6O4S. The molecule has 2 saturated carbocycles. The Morgan fingerprint density at radius 2 is 1.97 bits per heavy atom. The number of hydrogen-bond acceptors (Lipinski definition) is 10. The highest BCUT2D eigenvalue weighted by molar-refractivity contribution is 7.99. The van der Waals surface area contributed by atoms with Crippen molar-refractivity contribution in [3.63, 3.8) is 0 Å². The van der Waals surface area contributed by atoms with Gasteiger partial charge in [-0.05, 0) is 18.4 Å². The lowest BCUT2D eigenvalue weighted by atomic mass is 10.1. The Labute approximate surface area is 208 Å². The van der Waals surface area contributed by atoms with Crippen molar-refractivity contribution in [2.45, 2.75) is 74.1 Å². The second kappa shape index (κ2) is 10.8. The van der Waals surface area contributed by atoms with E-state index in [0.29, 0.717) is 34.5 Å². The molecule has 0 bridgehead atoms. The quantitative estimate of drug-likeness (QED) is 0.176. The van der Waals surface area contributed by atoms with Crippen molar-refractivity contribution in [2.24, 2.45) is 0 Å². The van der Waals surface area contributed by atoms with Gasteiger partial charge in [0.05, 0.1) is 25.4 Å². The third kappa shape index (κ3) is 5.14. The van der Waals surface area contributed by atoms with Crippen LogP contribution in [0.25, 0.3) is 11.2 Å². The van der Waals surface area contributed by atoms with Crippen LogP contribution in [-0.2, 0) is 4.74 Å². The maximum Gasteiger partial charge on any atom is 0.191 e. The predicted molar refractivity (Wildman–Crippen MR) is 132 cm³/mol. The van der Waals surface area contributed by atoms with E-state index in [4.69, 9.17) is 19.8 Å². The molecule has 2 aliphatic rings. The highest BCUT2D eigenvalue weighted by Gasteiger charge is 2.45. The van der Waals surface area contributed by atoms with E-state index >= 15 is 0 Å². The van der Waals surface area contributed by atoms with Gasteiger partial charge < -0.3 is 25.4 Å². The topological polar surface area (TPSA) is 138 Å². The van der Waals surface area contributed by atoms with Crippen LogP contribution in [-0.4, -0.2) is 83.6 Å². The van der Waals surface area contributed by atoms with Gasteiger partial charge in [0.2, 0.25) is 0 Å². The lowest BCUT2D eigenvalue weighted by molar-refractivity contribution is -0.0629. The molecule has 0 radical (unpaired) electrons. The number of nitrogens with one attached hydrogen (secondary N) is 1. The van der Waals surface area contributed by atoms with Crippen LogP contribution in [0.1, 0.15) is 50.1 Å². The zero-order valence-electron chi connectivity index (χ0n) is 19.7. The summed E-state index contributed by atoms with van der Waals surface area (Å²) in [6, 6.07) is 10.1. The van der Waals surface area contributed by atoms with Crippen molar-refractivity contribution < 1.29 is 20.1 Å². The van der Waals surface area contributed by atoms with Crippen molar-refractivity contribution in [3.05, 3.63) is 35.9 Å². The molecule has 2 heterocycles. The molecule has 11 heteroatoms. The van der Waals surface area contributed by atoms with Gasteiger partial charge in [0.1, 0.15) is 12.2 Å². The first-order valence-corrected chi connectivity index (χ1v) is 13.2. The van der Waals surface area contributed by atoms with Crippen molar-refractivity contribution >= 4 is 28.7 Å². The molecule has 2 aliphatic carbocycles. The van der Waals surface area contributed by atoms with E-state index in [1.54, 1.807) is 16.4 Å². The lowest BCUT2D eigenvalue weighted by Crippen LogP contribution is -2.33. The molecule has 0 amide bonds. The standard InChI is InChI=1S/C24H32N6O4S/c1-2-3-11-35-24-26-22(25-16-12-15(16)14-7-5-4-6-8-14)19-23(27-24)30(29-28-19)17-13-18(34-10-9-31)21(33)20(17)32/h4-8,15-18,20-21,31-33H,2-3,9-13H2,1H3,(H,25,26,27). The first-order valence-electron chi connectivity index (χ1n) is 12.3. The number of ether oxygens (including phenoxy) is 1. The van der Waals surface area contributed by atoms with E-state index in [2.05, 4.69) is 46.8 Å². The molecule has 6 atom stereocenters. The third-order valence-electron chi connectivity index (χ3n) is 6.71. The van der Waals surface area contributed by atoms with E-state index in [1.165, 1.54) is 5.56 Å². The predicted octanol–water partition coefficient (Wildman–Crippen LogP) is 2.13. The van der Waals surface area contributed by atoms with E-state index in [-0.39, 0.29) is 19.3 Å². The fourth-order valence-corrected chi connectivity index (χ4v) is 5.61. The Hall–Kier alpha value is -2.31. The second-order valence-corrected chi connectivity index (χ2v) is 10.2. The number of aliphatic hydroxyl groups is 3. The maximum atomic E-state index is 10.7. The van der Waals surface area contributed by atoms with Gasteiger partial charge in [0.25, 0.3) is 0 Å². The molecule has 10 nitrogen and oxygen atoms in total. The van der Waals surface area contributed by atoms with Gasteiger partial charge in [0.15, 0.2) is 22.1 Å². The Morgan fingerprint density at radius 1 is 1.14 bits per heavy atom. The zero-order valence-corrected chi connectivity index (χ0v) is 20.5. The SMILES string of the molecule is CCCCSc1nc(NC2CC2c2ccccc2)c2nnn(C3CC(OCCO)C(O)C3O)c2n1. The maximum absolute atomic E-state index is 10.7.